The Labute approximate surface area is 136 Å². The molecule has 1 aromatic carbocycles. The summed E-state index contributed by atoms with van der Waals surface area (Å²) in [6, 6.07) is 6.68. The molecule has 1 N–H and O–H groups in total. The predicted molar refractivity (Wildman–Crippen MR) is 95.5 cm³/mol. The number of aryl methyl sites for hydroxylation is 1. The number of hydrogen-bond acceptors (Lipinski definition) is 4. The summed E-state index contributed by atoms with van der Waals surface area (Å²) in [5.41, 5.74) is 3.92. The van der Waals surface area contributed by atoms with E-state index in [1.807, 2.05) is 23.5 Å². The summed E-state index contributed by atoms with van der Waals surface area (Å²) in [5, 5.41) is 0. The topological polar surface area (TPSA) is 46.5 Å². The van der Waals surface area contributed by atoms with Crippen molar-refractivity contribution in [2.24, 2.45) is 0 Å². The largest absolute Gasteiger partial charge is 0.328 e. The zero-order chi connectivity index (χ0) is 15.7. The van der Waals surface area contributed by atoms with Crippen LogP contribution in [0.15, 0.2) is 18.2 Å². The molecule has 0 aliphatic carbocycles. The van der Waals surface area contributed by atoms with E-state index in [1.54, 1.807) is 6.92 Å². The number of thioether (sulfide) groups is 2. The lowest BCUT2D eigenvalue weighted by molar-refractivity contribution is 0.273. The molecule has 1 unspecified atom stereocenters. The van der Waals surface area contributed by atoms with Gasteiger partial charge in [0.25, 0.3) is 0 Å². The fourth-order valence-electron chi connectivity index (χ4n) is 2.23. The van der Waals surface area contributed by atoms with Gasteiger partial charge in [0.05, 0.1) is 12.8 Å². The number of benzene rings is 1. The van der Waals surface area contributed by atoms with Crippen molar-refractivity contribution >= 4 is 31.1 Å². The van der Waals surface area contributed by atoms with E-state index in [4.69, 9.17) is 4.52 Å². The van der Waals surface area contributed by atoms with Crippen molar-refractivity contribution in [3.8, 4) is 0 Å². The standard InChI is InChI=1S/C15H25O3PS2/c1-4-18-19(16,17)7-5-6-13-8-14(11-20-2)10-15(9-13)12-21-3/h8-10H,4-7,11-12H2,1-3H3,(H,16,17). The normalized spacial score (nSPS) is 14.1. The molecule has 1 atom stereocenters. The molecule has 0 radical (unpaired) electrons. The average molecular weight is 348 g/mol. The first-order chi connectivity index (χ1) is 10.0. The van der Waals surface area contributed by atoms with Crippen LogP contribution in [0.25, 0.3) is 0 Å². The smallest absolute Gasteiger partial charge is 0.324 e. The zero-order valence-corrected chi connectivity index (χ0v) is 15.5. The summed E-state index contributed by atoms with van der Waals surface area (Å²) in [7, 11) is -3.39. The highest BCUT2D eigenvalue weighted by Crippen LogP contribution is 2.42. The van der Waals surface area contributed by atoms with Crippen LogP contribution in [0, 0.1) is 0 Å². The third-order valence-corrected chi connectivity index (χ3v) is 5.76. The quantitative estimate of drug-likeness (QED) is 0.628. The first-order valence-electron chi connectivity index (χ1n) is 7.06. The fourth-order valence-corrected chi connectivity index (χ4v) is 4.32. The molecule has 6 heteroatoms. The van der Waals surface area contributed by atoms with Crippen molar-refractivity contribution in [1.82, 2.24) is 0 Å². The summed E-state index contributed by atoms with van der Waals surface area (Å²) < 4.78 is 16.6. The van der Waals surface area contributed by atoms with Crippen LogP contribution >= 0.6 is 31.1 Å². The van der Waals surface area contributed by atoms with Gasteiger partial charge in [0, 0.05) is 11.5 Å². The minimum absolute atomic E-state index is 0.228. The Morgan fingerprint density at radius 2 is 1.62 bits per heavy atom. The van der Waals surface area contributed by atoms with Gasteiger partial charge in [-0.15, -0.1) is 0 Å². The Hall–Kier alpha value is 0.0700. The molecule has 120 valence electrons. The summed E-state index contributed by atoms with van der Waals surface area (Å²) in [4.78, 5) is 9.60. The van der Waals surface area contributed by atoms with E-state index >= 15 is 0 Å². The molecule has 0 bridgehead atoms. The first-order valence-corrected chi connectivity index (χ1v) is 11.6. The molecule has 0 amide bonds. The summed E-state index contributed by atoms with van der Waals surface area (Å²) >= 11 is 3.63. The Kier molecular flexibility index (Phi) is 9.07. The first kappa shape index (κ1) is 19.1. The van der Waals surface area contributed by atoms with Crippen LogP contribution in [0.5, 0.6) is 0 Å². The van der Waals surface area contributed by atoms with Gasteiger partial charge in [-0.2, -0.15) is 23.5 Å². The summed E-state index contributed by atoms with van der Waals surface area (Å²) in [6.45, 7) is 2.03. The minimum Gasteiger partial charge on any atom is -0.324 e. The van der Waals surface area contributed by atoms with E-state index in [0.717, 1.165) is 17.9 Å². The lowest BCUT2D eigenvalue weighted by atomic mass is 10.0. The van der Waals surface area contributed by atoms with Gasteiger partial charge in [0.2, 0.25) is 0 Å². The maximum absolute atomic E-state index is 11.7. The molecule has 0 aromatic heterocycles. The third kappa shape index (κ3) is 7.75. The molecule has 0 spiro atoms. The van der Waals surface area contributed by atoms with E-state index < -0.39 is 7.60 Å². The van der Waals surface area contributed by atoms with E-state index in [2.05, 4.69) is 30.7 Å². The molecule has 3 nitrogen and oxygen atoms in total. The highest BCUT2D eigenvalue weighted by molar-refractivity contribution is 7.98. The molecule has 21 heavy (non-hydrogen) atoms. The van der Waals surface area contributed by atoms with Crippen molar-refractivity contribution < 1.29 is 14.0 Å². The number of hydrogen-bond donors (Lipinski definition) is 1. The molecule has 0 heterocycles. The van der Waals surface area contributed by atoms with E-state index in [9.17, 15) is 9.46 Å². The van der Waals surface area contributed by atoms with E-state index in [-0.39, 0.29) is 12.8 Å². The maximum atomic E-state index is 11.7. The van der Waals surface area contributed by atoms with Crippen molar-refractivity contribution in [2.75, 3.05) is 25.3 Å². The van der Waals surface area contributed by atoms with Crippen molar-refractivity contribution in [2.45, 2.75) is 31.3 Å². The van der Waals surface area contributed by atoms with Crippen LogP contribution < -0.4 is 0 Å². The number of rotatable bonds is 10. The van der Waals surface area contributed by atoms with Gasteiger partial charge < -0.3 is 9.42 Å². The highest BCUT2D eigenvalue weighted by atomic mass is 32.2. The van der Waals surface area contributed by atoms with Gasteiger partial charge in [-0.05, 0) is 49.0 Å². The van der Waals surface area contributed by atoms with Crippen LogP contribution in [0.2, 0.25) is 0 Å². The predicted octanol–water partition coefficient (Wildman–Crippen LogP) is 4.57. The second-order valence-electron chi connectivity index (χ2n) is 4.91. The summed E-state index contributed by atoms with van der Waals surface area (Å²) in [5.74, 6) is 2.01. The van der Waals surface area contributed by atoms with Crippen molar-refractivity contribution in [3.63, 3.8) is 0 Å². The zero-order valence-electron chi connectivity index (χ0n) is 13.0. The lowest BCUT2D eigenvalue weighted by Gasteiger charge is -2.12. The highest BCUT2D eigenvalue weighted by Gasteiger charge is 2.17. The van der Waals surface area contributed by atoms with Gasteiger partial charge in [-0.25, -0.2) is 0 Å². The SMILES string of the molecule is CCOP(=O)(O)CCCc1cc(CSC)cc(CSC)c1. The molecule has 0 fully saturated rings. The molecular formula is C15H25O3PS2. The monoisotopic (exact) mass is 348 g/mol. The molecule has 0 aliphatic heterocycles. The molecule has 0 saturated carbocycles. The van der Waals surface area contributed by atoms with Gasteiger partial charge in [-0.3, -0.25) is 4.57 Å². The molecular weight excluding hydrogens is 323 g/mol. The lowest BCUT2D eigenvalue weighted by Crippen LogP contribution is -1.98. The van der Waals surface area contributed by atoms with E-state index in [1.165, 1.54) is 16.7 Å². The van der Waals surface area contributed by atoms with Gasteiger partial charge in [0.1, 0.15) is 0 Å². The van der Waals surface area contributed by atoms with Crippen LogP contribution in [-0.2, 0) is 27.0 Å². The van der Waals surface area contributed by atoms with Crippen LogP contribution in [0.3, 0.4) is 0 Å². The fraction of sp³-hybridized carbons (Fsp3) is 0.600. The average Bonchev–Trinajstić information content (AvgIpc) is 2.39. The molecule has 0 saturated heterocycles. The molecule has 1 aromatic rings. The maximum Gasteiger partial charge on any atom is 0.328 e. The Morgan fingerprint density at radius 3 is 2.10 bits per heavy atom. The van der Waals surface area contributed by atoms with Crippen LogP contribution in [-0.4, -0.2) is 30.2 Å². The summed E-state index contributed by atoms with van der Waals surface area (Å²) in [6.07, 6.45) is 5.93. The Morgan fingerprint density at radius 1 is 1.10 bits per heavy atom. The van der Waals surface area contributed by atoms with Crippen LogP contribution in [0.1, 0.15) is 30.0 Å². The minimum atomic E-state index is -3.39. The van der Waals surface area contributed by atoms with Gasteiger partial charge >= 0.3 is 7.60 Å². The molecule has 1 rings (SSSR count). The Balaban J connectivity index is 2.66. The second kappa shape index (κ2) is 9.96. The van der Waals surface area contributed by atoms with E-state index in [0.29, 0.717) is 6.42 Å². The Bertz CT molecular complexity index is 456. The van der Waals surface area contributed by atoms with Crippen LogP contribution in [0.4, 0.5) is 0 Å². The second-order valence-corrected chi connectivity index (χ2v) is 8.62. The van der Waals surface area contributed by atoms with Crippen molar-refractivity contribution in [1.29, 1.82) is 0 Å². The third-order valence-electron chi connectivity index (χ3n) is 2.97. The van der Waals surface area contributed by atoms with Gasteiger partial charge in [0.15, 0.2) is 0 Å². The van der Waals surface area contributed by atoms with Crippen molar-refractivity contribution in [3.05, 3.63) is 34.9 Å². The molecule has 0 aliphatic rings. The van der Waals surface area contributed by atoms with Gasteiger partial charge in [-0.1, -0.05) is 18.2 Å².